The van der Waals surface area contributed by atoms with E-state index in [0.29, 0.717) is 6.10 Å². The standard InChI is InChI=1S/C14H27NO2/c1-4-14(2,12-15-9-11-16-3)8-7-13-6-5-10-17-13/h4,13,15H,1,5-12H2,2-3H3. The normalized spacial score (nSPS) is 23.5. The summed E-state index contributed by atoms with van der Waals surface area (Å²) in [5, 5.41) is 3.42. The number of ether oxygens (including phenoxy) is 2. The predicted molar refractivity (Wildman–Crippen MR) is 71.3 cm³/mol. The molecular weight excluding hydrogens is 214 g/mol. The van der Waals surface area contributed by atoms with E-state index in [1.807, 2.05) is 0 Å². The Morgan fingerprint density at radius 3 is 3.00 bits per heavy atom. The van der Waals surface area contributed by atoms with Gasteiger partial charge in [0.1, 0.15) is 0 Å². The van der Waals surface area contributed by atoms with Crippen LogP contribution in [0.4, 0.5) is 0 Å². The van der Waals surface area contributed by atoms with Crippen molar-refractivity contribution >= 4 is 0 Å². The molecule has 0 aromatic rings. The molecule has 3 heteroatoms. The van der Waals surface area contributed by atoms with E-state index in [-0.39, 0.29) is 5.41 Å². The molecule has 0 radical (unpaired) electrons. The summed E-state index contributed by atoms with van der Waals surface area (Å²) in [4.78, 5) is 0. The lowest BCUT2D eigenvalue weighted by molar-refractivity contribution is 0.0939. The summed E-state index contributed by atoms with van der Waals surface area (Å²) in [5.41, 5.74) is 0.166. The van der Waals surface area contributed by atoms with Crippen molar-refractivity contribution in [3.05, 3.63) is 12.7 Å². The lowest BCUT2D eigenvalue weighted by Crippen LogP contribution is -2.33. The number of rotatable bonds is 9. The van der Waals surface area contributed by atoms with Crippen LogP contribution in [0.15, 0.2) is 12.7 Å². The third-order valence-electron chi connectivity index (χ3n) is 3.57. The number of hydrogen-bond acceptors (Lipinski definition) is 3. The summed E-state index contributed by atoms with van der Waals surface area (Å²) in [6.07, 6.45) is 7.29. The molecule has 17 heavy (non-hydrogen) atoms. The van der Waals surface area contributed by atoms with E-state index in [1.54, 1.807) is 7.11 Å². The molecule has 0 spiro atoms. The zero-order chi connectivity index (χ0) is 12.6. The van der Waals surface area contributed by atoms with E-state index < -0.39 is 0 Å². The van der Waals surface area contributed by atoms with Gasteiger partial charge < -0.3 is 14.8 Å². The average molecular weight is 241 g/mol. The summed E-state index contributed by atoms with van der Waals surface area (Å²) in [7, 11) is 1.73. The van der Waals surface area contributed by atoms with Crippen LogP contribution >= 0.6 is 0 Å². The molecule has 0 aromatic heterocycles. The van der Waals surface area contributed by atoms with E-state index in [9.17, 15) is 0 Å². The Morgan fingerprint density at radius 1 is 1.59 bits per heavy atom. The monoisotopic (exact) mass is 241 g/mol. The topological polar surface area (TPSA) is 30.5 Å². The van der Waals surface area contributed by atoms with Crippen molar-refractivity contribution in [1.29, 1.82) is 0 Å². The summed E-state index contributed by atoms with van der Waals surface area (Å²) in [6.45, 7) is 9.80. The second-order valence-corrected chi connectivity index (χ2v) is 5.20. The van der Waals surface area contributed by atoms with E-state index in [0.717, 1.165) is 39.1 Å². The highest BCUT2D eigenvalue weighted by Crippen LogP contribution is 2.27. The quantitative estimate of drug-likeness (QED) is 0.496. The van der Waals surface area contributed by atoms with E-state index in [4.69, 9.17) is 9.47 Å². The molecule has 2 atom stereocenters. The van der Waals surface area contributed by atoms with Crippen molar-refractivity contribution in [2.45, 2.75) is 38.7 Å². The summed E-state index contributed by atoms with van der Waals surface area (Å²) in [6, 6.07) is 0. The van der Waals surface area contributed by atoms with Gasteiger partial charge in [0, 0.05) is 26.8 Å². The molecule has 1 N–H and O–H groups in total. The minimum atomic E-state index is 0.166. The Kier molecular flexibility index (Phi) is 6.78. The zero-order valence-corrected chi connectivity index (χ0v) is 11.3. The van der Waals surface area contributed by atoms with Gasteiger partial charge in [0.25, 0.3) is 0 Å². The Morgan fingerprint density at radius 2 is 2.41 bits per heavy atom. The van der Waals surface area contributed by atoms with Crippen LogP contribution in [0.2, 0.25) is 0 Å². The second kappa shape index (κ2) is 7.85. The van der Waals surface area contributed by atoms with Crippen LogP contribution in [0.25, 0.3) is 0 Å². The lowest BCUT2D eigenvalue weighted by Gasteiger charge is -2.27. The molecule has 0 aliphatic carbocycles. The first-order valence-electron chi connectivity index (χ1n) is 6.65. The van der Waals surface area contributed by atoms with Crippen LogP contribution in [0, 0.1) is 5.41 Å². The van der Waals surface area contributed by atoms with Gasteiger partial charge in [0.2, 0.25) is 0 Å². The molecule has 2 unspecified atom stereocenters. The van der Waals surface area contributed by atoms with E-state index >= 15 is 0 Å². The molecule has 1 aliphatic rings. The Bertz CT molecular complexity index is 214. The number of methoxy groups -OCH3 is 1. The summed E-state index contributed by atoms with van der Waals surface area (Å²) < 4.78 is 10.7. The van der Waals surface area contributed by atoms with Gasteiger partial charge in [-0.2, -0.15) is 0 Å². The first kappa shape index (κ1) is 14.7. The third-order valence-corrected chi connectivity index (χ3v) is 3.57. The molecule has 3 nitrogen and oxygen atoms in total. The minimum absolute atomic E-state index is 0.166. The van der Waals surface area contributed by atoms with Gasteiger partial charge in [-0.1, -0.05) is 13.0 Å². The highest BCUT2D eigenvalue weighted by Gasteiger charge is 2.23. The molecule has 100 valence electrons. The fraction of sp³-hybridized carbons (Fsp3) is 0.857. The van der Waals surface area contributed by atoms with E-state index in [2.05, 4.69) is 24.9 Å². The molecule has 1 saturated heterocycles. The van der Waals surface area contributed by atoms with Crippen LogP contribution in [0.1, 0.15) is 32.6 Å². The molecule has 1 heterocycles. The van der Waals surface area contributed by atoms with Gasteiger partial charge in [-0.25, -0.2) is 0 Å². The maximum absolute atomic E-state index is 5.66. The second-order valence-electron chi connectivity index (χ2n) is 5.20. The van der Waals surface area contributed by atoms with Gasteiger partial charge in [-0.05, 0) is 31.1 Å². The fourth-order valence-electron chi connectivity index (χ4n) is 2.17. The fourth-order valence-corrected chi connectivity index (χ4v) is 2.17. The van der Waals surface area contributed by atoms with Crippen molar-refractivity contribution in [1.82, 2.24) is 5.32 Å². The maximum atomic E-state index is 5.66. The highest BCUT2D eigenvalue weighted by molar-refractivity contribution is 4.93. The van der Waals surface area contributed by atoms with Crippen molar-refractivity contribution in [2.24, 2.45) is 5.41 Å². The Labute approximate surface area is 106 Å². The van der Waals surface area contributed by atoms with Crippen molar-refractivity contribution in [3.63, 3.8) is 0 Å². The molecule has 1 aliphatic heterocycles. The first-order valence-corrected chi connectivity index (χ1v) is 6.65. The Balaban J connectivity index is 2.20. The van der Waals surface area contributed by atoms with Crippen LogP contribution in [-0.4, -0.2) is 39.5 Å². The van der Waals surface area contributed by atoms with Gasteiger partial charge in [-0.3, -0.25) is 0 Å². The average Bonchev–Trinajstić information content (AvgIpc) is 2.85. The molecule has 1 fully saturated rings. The molecule has 0 bridgehead atoms. The van der Waals surface area contributed by atoms with Crippen LogP contribution < -0.4 is 5.32 Å². The predicted octanol–water partition coefficient (Wildman–Crippen LogP) is 2.37. The van der Waals surface area contributed by atoms with Gasteiger partial charge in [0.05, 0.1) is 12.7 Å². The largest absolute Gasteiger partial charge is 0.383 e. The minimum Gasteiger partial charge on any atom is -0.383 e. The van der Waals surface area contributed by atoms with Crippen molar-refractivity contribution in [2.75, 3.05) is 33.4 Å². The lowest BCUT2D eigenvalue weighted by atomic mass is 9.84. The van der Waals surface area contributed by atoms with Crippen LogP contribution in [0.5, 0.6) is 0 Å². The molecule has 0 saturated carbocycles. The molecular formula is C14H27NO2. The molecule has 0 amide bonds. The van der Waals surface area contributed by atoms with Crippen molar-refractivity contribution < 1.29 is 9.47 Å². The highest BCUT2D eigenvalue weighted by atomic mass is 16.5. The van der Waals surface area contributed by atoms with Crippen LogP contribution in [-0.2, 0) is 9.47 Å². The van der Waals surface area contributed by atoms with Crippen LogP contribution in [0.3, 0.4) is 0 Å². The smallest absolute Gasteiger partial charge is 0.0587 e. The zero-order valence-electron chi connectivity index (χ0n) is 11.3. The van der Waals surface area contributed by atoms with E-state index in [1.165, 1.54) is 12.8 Å². The third kappa shape index (κ3) is 5.66. The van der Waals surface area contributed by atoms with Gasteiger partial charge in [0.15, 0.2) is 0 Å². The van der Waals surface area contributed by atoms with Gasteiger partial charge in [-0.15, -0.1) is 6.58 Å². The molecule has 0 aromatic carbocycles. The Hall–Kier alpha value is -0.380. The number of hydrogen-bond donors (Lipinski definition) is 1. The van der Waals surface area contributed by atoms with Gasteiger partial charge >= 0.3 is 0 Å². The van der Waals surface area contributed by atoms with Crippen molar-refractivity contribution in [3.8, 4) is 0 Å². The first-order chi connectivity index (χ1) is 8.20. The number of nitrogens with one attached hydrogen (secondary N) is 1. The molecule has 1 rings (SSSR count). The summed E-state index contributed by atoms with van der Waals surface area (Å²) in [5.74, 6) is 0. The SMILES string of the molecule is C=CC(C)(CCC1CCCO1)CNCCOC. The summed E-state index contributed by atoms with van der Waals surface area (Å²) >= 11 is 0. The maximum Gasteiger partial charge on any atom is 0.0587 e.